The molecule has 2 heterocycles. The molecule has 0 aliphatic carbocycles. The van der Waals surface area contributed by atoms with Gasteiger partial charge in [-0.3, -0.25) is 0 Å². The monoisotopic (exact) mass is 207 g/mol. The van der Waals surface area contributed by atoms with Crippen LogP contribution in [0.3, 0.4) is 0 Å². The first-order valence-corrected chi connectivity index (χ1v) is 4.12. The Bertz CT molecular complexity index is 560. The maximum absolute atomic E-state index is 11.0. The van der Waals surface area contributed by atoms with Gasteiger partial charge in [-0.05, 0) is 0 Å². The number of nitrogens with zero attached hydrogens (tertiary/aromatic N) is 3. The summed E-state index contributed by atoms with van der Waals surface area (Å²) in [7, 11) is 1.60. The second-order valence-electron chi connectivity index (χ2n) is 3.12. The highest BCUT2D eigenvalue weighted by atomic mass is 16.4. The molecule has 0 spiro atoms. The van der Waals surface area contributed by atoms with Crippen LogP contribution in [0.15, 0.2) is 6.20 Å². The zero-order valence-corrected chi connectivity index (χ0v) is 7.93. The van der Waals surface area contributed by atoms with Crippen molar-refractivity contribution in [2.45, 2.75) is 0 Å². The van der Waals surface area contributed by atoms with E-state index in [0.29, 0.717) is 5.39 Å². The Morgan fingerprint density at radius 2 is 2.13 bits per heavy atom. The first kappa shape index (κ1) is 9.25. The number of nitrogens with two attached hydrogens (primary N) is 2. The number of hydrogen-bond acceptors (Lipinski definition) is 5. The van der Waals surface area contributed by atoms with E-state index >= 15 is 0 Å². The second kappa shape index (κ2) is 2.84. The summed E-state index contributed by atoms with van der Waals surface area (Å²) >= 11 is 0. The van der Waals surface area contributed by atoms with Crippen LogP contribution in [0.1, 0.15) is 10.5 Å². The van der Waals surface area contributed by atoms with Crippen LogP contribution >= 0.6 is 0 Å². The molecule has 0 aliphatic rings. The maximum Gasteiger partial charge on any atom is 0.354 e. The smallest absolute Gasteiger partial charge is 0.354 e. The fourth-order valence-corrected chi connectivity index (χ4v) is 1.49. The van der Waals surface area contributed by atoms with Crippen molar-refractivity contribution in [1.29, 1.82) is 0 Å². The Kier molecular flexibility index (Phi) is 1.75. The summed E-state index contributed by atoms with van der Waals surface area (Å²) in [5.41, 5.74) is 11.3. The van der Waals surface area contributed by atoms with Gasteiger partial charge in [-0.25, -0.2) is 9.78 Å². The highest BCUT2D eigenvalue weighted by Gasteiger charge is 2.17. The van der Waals surface area contributed by atoms with E-state index in [4.69, 9.17) is 16.6 Å². The summed E-state index contributed by atoms with van der Waals surface area (Å²) in [6.45, 7) is 0. The molecule has 15 heavy (non-hydrogen) atoms. The highest BCUT2D eigenvalue weighted by molar-refractivity contribution is 6.04. The van der Waals surface area contributed by atoms with Gasteiger partial charge in [0.15, 0.2) is 5.69 Å². The number of rotatable bonds is 1. The van der Waals surface area contributed by atoms with Gasteiger partial charge in [-0.2, -0.15) is 4.98 Å². The normalized spacial score (nSPS) is 10.7. The summed E-state index contributed by atoms with van der Waals surface area (Å²) in [5.74, 6) is -0.931. The SMILES string of the molecule is Cn1cc2c(N)nc(N)nc2c1C(=O)O. The van der Waals surface area contributed by atoms with Crippen molar-refractivity contribution in [2.75, 3.05) is 11.5 Å². The van der Waals surface area contributed by atoms with E-state index in [0.717, 1.165) is 0 Å². The number of anilines is 2. The molecule has 0 aliphatic heterocycles. The summed E-state index contributed by atoms with van der Waals surface area (Å²) < 4.78 is 1.43. The quantitative estimate of drug-likeness (QED) is 0.597. The van der Waals surface area contributed by atoms with E-state index in [1.54, 1.807) is 13.2 Å². The van der Waals surface area contributed by atoms with Crippen molar-refractivity contribution in [3.63, 3.8) is 0 Å². The molecular formula is C8H9N5O2. The number of aromatic carboxylic acids is 1. The van der Waals surface area contributed by atoms with E-state index in [1.165, 1.54) is 4.57 Å². The molecule has 5 N–H and O–H groups in total. The molecule has 0 atom stereocenters. The van der Waals surface area contributed by atoms with Crippen LogP contribution in [0.5, 0.6) is 0 Å². The number of hydrogen-bond donors (Lipinski definition) is 3. The van der Waals surface area contributed by atoms with Gasteiger partial charge in [-0.15, -0.1) is 0 Å². The van der Waals surface area contributed by atoms with Crippen molar-refractivity contribution in [3.05, 3.63) is 11.9 Å². The van der Waals surface area contributed by atoms with E-state index in [2.05, 4.69) is 9.97 Å². The van der Waals surface area contributed by atoms with Crippen LogP contribution in [0.25, 0.3) is 10.9 Å². The minimum Gasteiger partial charge on any atom is -0.477 e. The predicted molar refractivity (Wildman–Crippen MR) is 54.3 cm³/mol. The zero-order chi connectivity index (χ0) is 11.2. The summed E-state index contributed by atoms with van der Waals surface area (Å²) in [6, 6.07) is 0. The van der Waals surface area contributed by atoms with Gasteiger partial charge in [-0.1, -0.05) is 0 Å². The number of aromatic nitrogens is 3. The third-order valence-corrected chi connectivity index (χ3v) is 2.09. The van der Waals surface area contributed by atoms with Crippen LogP contribution < -0.4 is 11.5 Å². The maximum atomic E-state index is 11.0. The molecule has 78 valence electrons. The number of fused-ring (bicyclic) bond motifs is 1. The molecule has 7 nitrogen and oxygen atoms in total. The van der Waals surface area contributed by atoms with Crippen LogP contribution in [0.2, 0.25) is 0 Å². The highest BCUT2D eigenvalue weighted by Crippen LogP contribution is 2.23. The van der Waals surface area contributed by atoms with Gasteiger partial charge < -0.3 is 21.1 Å². The van der Waals surface area contributed by atoms with Gasteiger partial charge in [0, 0.05) is 13.2 Å². The van der Waals surface area contributed by atoms with Gasteiger partial charge in [0.25, 0.3) is 0 Å². The second-order valence-corrected chi connectivity index (χ2v) is 3.12. The Hall–Kier alpha value is -2.31. The minimum atomic E-state index is -1.08. The van der Waals surface area contributed by atoms with E-state index in [9.17, 15) is 4.79 Å². The summed E-state index contributed by atoms with van der Waals surface area (Å²) in [5, 5.41) is 9.46. The number of nitrogen functional groups attached to an aromatic ring is 2. The molecule has 2 aromatic rings. The summed E-state index contributed by atoms with van der Waals surface area (Å²) in [4.78, 5) is 18.6. The Morgan fingerprint density at radius 3 is 2.73 bits per heavy atom. The fraction of sp³-hybridized carbons (Fsp3) is 0.125. The molecule has 0 unspecified atom stereocenters. The number of carboxylic acids is 1. The van der Waals surface area contributed by atoms with E-state index < -0.39 is 5.97 Å². The lowest BCUT2D eigenvalue weighted by molar-refractivity contribution is 0.0688. The van der Waals surface area contributed by atoms with Gasteiger partial charge >= 0.3 is 5.97 Å². The van der Waals surface area contributed by atoms with E-state index in [1.807, 2.05) is 0 Å². The number of carboxylic acid groups (broad SMARTS) is 1. The zero-order valence-electron chi connectivity index (χ0n) is 7.93. The van der Waals surface area contributed by atoms with Crippen molar-refractivity contribution in [1.82, 2.24) is 14.5 Å². The average Bonchev–Trinajstić information content (AvgIpc) is 2.41. The molecule has 0 amide bonds. The number of aryl methyl sites for hydroxylation is 1. The Morgan fingerprint density at radius 1 is 1.47 bits per heavy atom. The molecule has 0 saturated carbocycles. The van der Waals surface area contributed by atoms with Crippen LogP contribution in [0.4, 0.5) is 11.8 Å². The third-order valence-electron chi connectivity index (χ3n) is 2.09. The third kappa shape index (κ3) is 1.25. The number of carbonyl (C=O) groups is 1. The molecule has 0 saturated heterocycles. The Labute approximate surface area is 84.3 Å². The average molecular weight is 207 g/mol. The van der Waals surface area contributed by atoms with Crippen molar-refractivity contribution >= 4 is 28.6 Å². The van der Waals surface area contributed by atoms with Gasteiger partial charge in [0.05, 0.1) is 5.39 Å². The Balaban J connectivity index is 2.93. The molecule has 0 radical (unpaired) electrons. The lowest BCUT2D eigenvalue weighted by Gasteiger charge is -1.98. The van der Waals surface area contributed by atoms with Gasteiger partial charge in [0.1, 0.15) is 11.3 Å². The molecule has 0 bridgehead atoms. The first-order valence-electron chi connectivity index (χ1n) is 4.12. The van der Waals surface area contributed by atoms with E-state index in [-0.39, 0.29) is 23.0 Å². The van der Waals surface area contributed by atoms with Crippen LogP contribution in [-0.4, -0.2) is 25.6 Å². The topological polar surface area (TPSA) is 120 Å². The molecule has 2 aromatic heterocycles. The van der Waals surface area contributed by atoms with Crippen LogP contribution in [-0.2, 0) is 7.05 Å². The lowest BCUT2D eigenvalue weighted by atomic mass is 10.3. The minimum absolute atomic E-state index is 0.0336. The molecule has 0 fully saturated rings. The molecular weight excluding hydrogens is 198 g/mol. The van der Waals surface area contributed by atoms with Crippen LogP contribution in [0, 0.1) is 0 Å². The van der Waals surface area contributed by atoms with Crippen molar-refractivity contribution < 1.29 is 9.90 Å². The predicted octanol–water partition coefficient (Wildman–Crippen LogP) is -0.169. The molecule has 0 aromatic carbocycles. The lowest BCUT2D eigenvalue weighted by Crippen LogP contribution is -2.05. The largest absolute Gasteiger partial charge is 0.477 e. The molecule has 2 rings (SSSR count). The molecule has 7 heteroatoms. The van der Waals surface area contributed by atoms with Crippen molar-refractivity contribution in [2.24, 2.45) is 7.05 Å². The summed E-state index contributed by atoms with van der Waals surface area (Å²) in [6.07, 6.45) is 1.56. The fourth-order valence-electron chi connectivity index (χ4n) is 1.49. The van der Waals surface area contributed by atoms with Gasteiger partial charge in [0.2, 0.25) is 5.95 Å². The first-order chi connectivity index (χ1) is 7.00. The standard InChI is InChI=1S/C8H9N5O2/c1-13-2-3-4(5(13)7(14)15)11-8(10)12-6(3)9/h2H,1H3,(H,14,15)(H4,9,10,11,12). The van der Waals surface area contributed by atoms with Crippen molar-refractivity contribution in [3.8, 4) is 0 Å².